The molecule has 2 unspecified atom stereocenters. The molecule has 2 fully saturated rings. The van der Waals surface area contributed by atoms with Crippen LogP contribution in [0.25, 0.3) is 0 Å². The lowest BCUT2D eigenvalue weighted by Gasteiger charge is -2.28. The van der Waals surface area contributed by atoms with Crippen LogP contribution in [0.2, 0.25) is 0 Å². The molecule has 2 atom stereocenters. The largest absolute Gasteiger partial charge is 0.370 e. The number of carbonyl (C=O) groups excluding carboxylic acids is 2. The van der Waals surface area contributed by atoms with Crippen LogP contribution in [0, 0.1) is 17.2 Å². The van der Waals surface area contributed by atoms with Crippen LogP contribution in [-0.2, 0) is 14.3 Å². The van der Waals surface area contributed by atoms with Gasteiger partial charge >= 0.3 is 0 Å². The predicted octanol–water partition coefficient (Wildman–Crippen LogP) is -0.534. The molecular formula is C16H20N6O3. The Morgan fingerprint density at radius 1 is 1.52 bits per heavy atom. The zero-order valence-corrected chi connectivity index (χ0v) is 14.0. The molecule has 25 heavy (non-hydrogen) atoms. The van der Waals surface area contributed by atoms with Crippen LogP contribution < -0.4 is 5.32 Å². The lowest BCUT2D eigenvalue weighted by Crippen LogP contribution is -2.47. The molecule has 9 heteroatoms. The van der Waals surface area contributed by atoms with Crippen molar-refractivity contribution in [1.29, 1.82) is 5.26 Å². The molecule has 3 heterocycles. The van der Waals surface area contributed by atoms with Crippen LogP contribution in [0.5, 0.6) is 0 Å². The van der Waals surface area contributed by atoms with Crippen LogP contribution in [-0.4, -0.2) is 77.0 Å². The molecule has 2 amide bonds. The monoisotopic (exact) mass is 344 g/mol. The fourth-order valence-electron chi connectivity index (χ4n) is 3.02. The minimum absolute atomic E-state index is 0.0331. The van der Waals surface area contributed by atoms with E-state index < -0.39 is 0 Å². The molecule has 0 bridgehead atoms. The molecule has 132 valence electrons. The van der Waals surface area contributed by atoms with Gasteiger partial charge in [0.15, 0.2) is 0 Å². The van der Waals surface area contributed by atoms with E-state index in [0.717, 1.165) is 0 Å². The number of aromatic nitrogens is 2. The molecule has 0 aromatic carbocycles. The first-order valence-electron chi connectivity index (χ1n) is 8.20. The zero-order chi connectivity index (χ0) is 17.8. The van der Waals surface area contributed by atoms with Crippen molar-refractivity contribution in [1.82, 2.24) is 19.8 Å². The number of rotatable bonds is 4. The summed E-state index contributed by atoms with van der Waals surface area (Å²) in [5.74, 6) is 0.693. The van der Waals surface area contributed by atoms with Gasteiger partial charge in [-0.1, -0.05) is 6.92 Å². The Balaban J connectivity index is 1.58. The summed E-state index contributed by atoms with van der Waals surface area (Å²) < 4.78 is 5.08. The maximum Gasteiger partial charge on any atom is 0.249 e. The fourth-order valence-corrected chi connectivity index (χ4v) is 3.02. The number of ether oxygens (including phenoxy) is 1. The summed E-state index contributed by atoms with van der Waals surface area (Å²) >= 11 is 0. The number of nitrogens with one attached hydrogen (secondary N) is 1. The van der Waals surface area contributed by atoms with E-state index in [0.29, 0.717) is 32.1 Å². The van der Waals surface area contributed by atoms with E-state index in [1.54, 1.807) is 15.9 Å². The summed E-state index contributed by atoms with van der Waals surface area (Å²) in [6.07, 6.45) is 1.53. The molecule has 1 N–H and O–H groups in total. The van der Waals surface area contributed by atoms with Crippen molar-refractivity contribution < 1.29 is 14.3 Å². The first kappa shape index (κ1) is 17.1. The second kappa shape index (κ2) is 7.44. The van der Waals surface area contributed by atoms with E-state index in [1.165, 1.54) is 6.20 Å². The van der Waals surface area contributed by atoms with Crippen molar-refractivity contribution in [2.24, 2.45) is 5.92 Å². The highest BCUT2D eigenvalue weighted by Crippen LogP contribution is 2.20. The summed E-state index contributed by atoms with van der Waals surface area (Å²) in [5, 5.41) is 12.1. The second-order valence-corrected chi connectivity index (χ2v) is 6.27. The van der Waals surface area contributed by atoms with Crippen molar-refractivity contribution in [2.45, 2.75) is 13.0 Å². The molecule has 9 nitrogen and oxygen atoms in total. The van der Waals surface area contributed by atoms with Gasteiger partial charge in [0.2, 0.25) is 17.6 Å². The van der Waals surface area contributed by atoms with Gasteiger partial charge in [-0.2, -0.15) is 5.26 Å². The Labute approximate surface area is 145 Å². The minimum Gasteiger partial charge on any atom is -0.370 e. The lowest BCUT2D eigenvalue weighted by atomic mass is 10.1. The standard InChI is InChI=1S/C16H20N6O3/c1-11-7-22(15(23)9-21-4-5-25-10-16(21)24)8-12(11)19-13-2-3-18-14(6-17)20-13/h2-3,11-12H,4-5,7-10H2,1H3,(H,18,19,20). The molecule has 0 spiro atoms. The quantitative estimate of drug-likeness (QED) is 0.781. The van der Waals surface area contributed by atoms with Gasteiger partial charge in [-0.3, -0.25) is 9.59 Å². The van der Waals surface area contributed by atoms with Crippen LogP contribution in [0.1, 0.15) is 12.7 Å². The van der Waals surface area contributed by atoms with Crippen molar-refractivity contribution in [2.75, 3.05) is 44.7 Å². The number of hydrogen-bond donors (Lipinski definition) is 1. The third kappa shape index (κ3) is 4.03. The molecule has 3 rings (SSSR count). The van der Waals surface area contributed by atoms with Gasteiger partial charge in [-0.25, -0.2) is 9.97 Å². The van der Waals surface area contributed by atoms with Gasteiger partial charge in [0, 0.05) is 31.9 Å². The van der Waals surface area contributed by atoms with Crippen LogP contribution in [0.3, 0.4) is 0 Å². The molecule has 0 aliphatic carbocycles. The molecule has 2 aliphatic rings. The number of amides is 2. The molecule has 0 radical (unpaired) electrons. The number of carbonyl (C=O) groups is 2. The van der Waals surface area contributed by atoms with Crippen molar-refractivity contribution in [3.05, 3.63) is 18.1 Å². The number of anilines is 1. The normalized spacial score (nSPS) is 23.4. The van der Waals surface area contributed by atoms with Crippen LogP contribution >= 0.6 is 0 Å². The van der Waals surface area contributed by atoms with Gasteiger partial charge < -0.3 is 19.9 Å². The van der Waals surface area contributed by atoms with E-state index in [-0.39, 0.29) is 42.8 Å². The number of morpholine rings is 1. The number of likely N-dealkylation sites (tertiary alicyclic amines) is 1. The highest BCUT2D eigenvalue weighted by atomic mass is 16.5. The number of hydrogen-bond acceptors (Lipinski definition) is 7. The smallest absolute Gasteiger partial charge is 0.249 e. The Morgan fingerprint density at radius 3 is 3.12 bits per heavy atom. The van der Waals surface area contributed by atoms with E-state index in [2.05, 4.69) is 22.2 Å². The second-order valence-electron chi connectivity index (χ2n) is 6.27. The van der Waals surface area contributed by atoms with E-state index in [9.17, 15) is 9.59 Å². The SMILES string of the molecule is CC1CN(C(=O)CN2CCOCC2=O)CC1Nc1ccnc(C#N)n1. The topological polar surface area (TPSA) is 111 Å². The molecule has 2 aliphatic heterocycles. The zero-order valence-electron chi connectivity index (χ0n) is 14.0. The molecule has 0 saturated carbocycles. The summed E-state index contributed by atoms with van der Waals surface area (Å²) in [7, 11) is 0. The summed E-state index contributed by atoms with van der Waals surface area (Å²) in [6.45, 7) is 4.26. The van der Waals surface area contributed by atoms with Crippen LogP contribution in [0.15, 0.2) is 12.3 Å². The highest BCUT2D eigenvalue weighted by molar-refractivity contribution is 5.86. The van der Waals surface area contributed by atoms with E-state index in [4.69, 9.17) is 10.00 Å². The van der Waals surface area contributed by atoms with Crippen LogP contribution in [0.4, 0.5) is 5.82 Å². The molecule has 2 saturated heterocycles. The van der Waals surface area contributed by atoms with E-state index in [1.807, 2.05) is 6.07 Å². The summed E-state index contributed by atoms with van der Waals surface area (Å²) in [4.78, 5) is 35.5. The average molecular weight is 344 g/mol. The Morgan fingerprint density at radius 2 is 2.36 bits per heavy atom. The summed E-state index contributed by atoms with van der Waals surface area (Å²) in [6, 6.07) is 3.64. The predicted molar refractivity (Wildman–Crippen MR) is 87.3 cm³/mol. The first-order chi connectivity index (χ1) is 12.1. The highest BCUT2D eigenvalue weighted by Gasteiger charge is 2.34. The Bertz CT molecular complexity index is 703. The lowest BCUT2D eigenvalue weighted by molar-refractivity contribution is -0.148. The third-order valence-electron chi connectivity index (χ3n) is 4.46. The summed E-state index contributed by atoms with van der Waals surface area (Å²) in [5.41, 5.74) is 0. The van der Waals surface area contributed by atoms with Gasteiger partial charge in [0.1, 0.15) is 18.5 Å². The van der Waals surface area contributed by atoms with Crippen molar-refractivity contribution >= 4 is 17.6 Å². The third-order valence-corrected chi connectivity index (χ3v) is 4.46. The number of nitrogens with zero attached hydrogens (tertiary/aromatic N) is 5. The van der Waals surface area contributed by atoms with Gasteiger partial charge in [-0.15, -0.1) is 0 Å². The average Bonchev–Trinajstić information content (AvgIpc) is 2.98. The maximum atomic E-state index is 12.5. The number of nitriles is 1. The van der Waals surface area contributed by atoms with Gasteiger partial charge in [0.25, 0.3) is 0 Å². The Kier molecular flexibility index (Phi) is 5.09. The molecular weight excluding hydrogens is 324 g/mol. The fraction of sp³-hybridized carbons (Fsp3) is 0.562. The van der Waals surface area contributed by atoms with Gasteiger partial charge in [0.05, 0.1) is 13.2 Å². The Hall–Kier alpha value is -2.73. The van der Waals surface area contributed by atoms with Crippen molar-refractivity contribution in [3.8, 4) is 6.07 Å². The van der Waals surface area contributed by atoms with Crippen molar-refractivity contribution in [3.63, 3.8) is 0 Å². The molecule has 1 aromatic heterocycles. The minimum atomic E-state index is -0.147. The maximum absolute atomic E-state index is 12.5. The molecule has 1 aromatic rings. The van der Waals surface area contributed by atoms with Gasteiger partial charge in [-0.05, 0) is 12.0 Å². The van der Waals surface area contributed by atoms with E-state index >= 15 is 0 Å². The first-order valence-corrected chi connectivity index (χ1v) is 8.20.